The van der Waals surface area contributed by atoms with Crippen LogP contribution in [0.5, 0.6) is 0 Å². The van der Waals surface area contributed by atoms with Gasteiger partial charge in [-0.1, -0.05) is 31.4 Å². The predicted octanol–water partition coefficient (Wildman–Crippen LogP) is 1.98. The summed E-state index contributed by atoms with van der Waals surface area (Å²) in [7, 11) is 5.28. The minimum atomic E-state index is 0.615. The molecule has 1 N–H and O–H groups in total. The van der Waals surface area contributed by atoms with Crippen LogP contribution in [0.25, 0.3) is 0 Å². The van der Waals surface area contributed by atoms with E-state index in [1.807, 2.05) is 25.3 Å². The van der Waals surface area contributed by atoms with Crippen LogP contribution < -0.4 is 5.43 Å². The maximum atomic E-state index is 4.92. The van der Waals surface area contributed by atoms with Gasteiger partial charge in [0.1, 0.15) is 11.6 Å². The van der Waals surface area contributed by atoms with Gasteiger partial charge in [0.05, 0.1) is 13.7 Å². The fraction of sp³-hybridized carbons (Fsp3) is 0.333. The first-order chi connectivity index (χ1) is 9.53. The van der Waals surface area contributed by atoms with Gasteiger partial charge in [-0.15, -0.1) is 0 Å². The van der Waals surface area contributed by atoms with Crippen LogP contribution in [-0.4, -0.2) is 51.7 Å². The smallest absolute Gasteiger partial charge is 0.131 e. The van der Waals surface area contributed by atoms with Gasteiger partial charge in [-0.25, -0.2) is 0 Å². The van der Waals surface area contributed by atoms with Crippen molar-refractivity contribution in [2.24, 2.45) is 10.1 Å². The molecular formula is C15H24N4O. The third kappa shape index (κ3) is 8.88. The fourth-order valence-corrected chi connectivity index (χ4v) is 1.38. The summed E-state index contributed by atoms with van der Waals surface area (Å²) in [4.78, 5) is 6.15. The standard InChI is InChI=1S/C15H24N4O/c1-13(9-7-8-10-14(2)20-6)11-19(5)12-15(16-3)18-17-4/h7-10H,1-2,4,11-12H2,3,5-6H3,(H,16,18)/b9-7-,10-8-. The SMILES string of the molecule is C=NNC(CN(C)CC(=C)/C=C\C=C/C(=C)OC)=NC. The first kappa shape index (κ1) is 17.9. The molecule has 20 heavy (non-hydrogen) atoms. The van der Waals surface area contributed by atoms with E-state index < -0.39 is 0 Å². The van der Waals surface area contributed by atoms with Crippen LogP contribution in [0.4, 0.5) is 0 Å². The molecule has 0 rings (SSSR count). The third-order valence-corrected chi connectivity index (χ3v) is 2.36. The Morgan fingerprint density at radius 2 is 1.90 bits per heavy atom. The molecule has 0 aromatic carbocycles. The summed E-state index contributed by atoms with van der Waals surface area (Å²) in [6.45, 7) is 12.4. The van der Waals surface area contributed by atoms with Gasteiger partial charge in [-0.2, -0.15) is 5.10 Å². The van der Waals surface area contributed by atoms with E-state index in [9.17, 15) is 0 Å². The Kier molecular flexibility index (Phi) is 9.60. The highest BCUT2D eigenvalue weighted by Crippen LogP contribution is 1.99. The first-order valence-electron chi connectivity index (χ1n) is 6.14. The van der Waals surface area contributed by atoms with Crippen molar-refractivity contribution in [2.75, 3.05) is 34.3 Å². The van der Waals surface area contributed by atoms with E-state index in [0.29, 0.717) is 12.3 Å². The van der Waals surface area contributed by atoms with Crippen molar-refractivity contribution in [3.05, 3.63) is 48.8 Å². The Morgan fingerprint density at radius 3 is 2.45 bits per heavy atom. The van der Waals surface area contributed by atoms with Gasteiger partial charge in [-0.3, -0.25) is 15.3 Å². The highest BCUT2D eigenvalue weighted by molar-refractivity contribution is 5.83. The zero-order valence-corrected chi connectivity index (χ0v) is 12.6. The molecule has 0 saturated carbocycles. The number of ether oxygens (including phenoxy) is 1. The summed E-state index contributed by atoms with van der Waals surface area (Å²) in [5, 5.41) is 3.60. The molecular weight excluding hydrogens is 252 g/mol. The molecule has 0 spiro atoms. The van der Waals surface area contributed by atoms with Crippen LogP contribution in [0.15, 0.2) is 58.9 Å². The summed E-state index contributed by atoms with van der Waals surface area (Å²) in [5.74, 6) is 1.37. The number of nitrogens with zero attached hydrogens (tertiary/aromatic N) is 3. The Bertz CT molecular complexity index is 422. The first-order valence-corrected chi connectivity index (χ1v) is 6.14. The number of methoxy groups -OCH3 is 1. The van der Waals surface area contributed by atoms with E-state index in [0.717, 1.165) is 18.0 Å². The topological polar surface area (TPSA) is 49.2 Å². The molecule has 0 bridgehead atoms. The van der Waals surface area contributed by atoms with Crippen LogP contribution >= 0.6 is 0 Å². The molecule has 0 aliphatic rings. The Morgan fingerprint density at radius 1 is 1.25 bits per heavy atom. The summed E-state index contributed by atoms with van der Waals surface area (Å²) < 4.78 is 4.92. The van der Waals surface area contributed by atoms with E-state index >= 15 is 0 Å². The summed E-state index contributed by atoms with van der Waals surface area (Å²) in [6.07, 6.45) is 7.49. The van der Waals surface area contributed by atoms with Crippen LogP contribution in [0, 0.1) is 0 Å². The van der Waals surface area contributed by atoms with E-state index in [2.05, 4.69) is 40.3 Å². The molecule has 0 aromatic heterocycles. The molecule has 0 radical (unpaired) electrons. The lowest BCUT2D eigenvalue weighted by atomic mass is 10.2. The van der Waals surface area contributed by atoms with Crippen molar-refractivity contribution in [1.82, 2.24) is 10.3 Å². The molecule has 5 heteroatoms. The molecule has 0 aliphatic carbocycles. The van der Waals surface area contributed by atoms with E-state index in [1.54, 1.807) is 20.2 Å². The molecule has 0 unspecified atom stereocenters. The largest absolute Gasteiger partial charge is 0.497 e. The minimum Gasteiger partial charge on any atom is -0.497 e. The zero-order chi connectivity index (χ0) is 15.4. The fourth-order valence-electron chi connectivity index (χ4n) is 1.38. The van der Waals surface area contributed by atoms with E-state index in [1.165, 1.54) is 0 Å². The maximum absolute atomic E-state index is 4.92. The summed E-state index contributed by atoms with van der Waals surface area (Å²) >= 11 is 0. The van der Waals surface area contributed by atoms with Crippen LogP contribution in [-0.2, 0) is 4.74 Å². The normalized spacial score (nSPS) is 12.1. The van der Waals surface area contributed by atoms with Crippen molar-refractivity contribution in [3.63, 3.8) is 0 Å². The van der Waals surface area contributed by atoms with Gasteiger partial charge in [-0.05, 0) is 18.7 Å². The van der Waals surface area contributed by atoms with Crippen molar-refractivity contribution in [1.29, 1.82) is 0 Å². The number of hydrogen-bond donors (Lipinski definition) is 1. The lowest BCUT2D eigenvalue weighted by molar-refractivity contribution is 0.309. The number of rotatable bonds is 9. The van der Waals surface area contributed by atoms with Gasteiger partial charge >= 0.3 is 0 Å². The number of nitrogens with one attached hydrogen (secondary N) is 1. The monoisotopic (exact) mass is 276 g/mol. The van der Waals surface area contributed by atoms with Gasteiger partial charge in [0.2, 0.25) is 0 Å². The molecule has 0 amide bonds. The molecule has 0 aromatic rings. The zero-order valence-electron chi connectivity index (χ0n) is 12.6. The number of hydrogen-bond acceptors (Lipinski definition) is 4. The Balaban J connectivity index is 4.19. The second-order valence-corrected chi connectivity index (χ2v) is 4.16. The molecule has 5 nitrogen and oxygen atoms in total. The van der Waals surface area contributed by atoms with Crippen LogP contribution in [0.2, 0.25) is 0 Å². The Hall–Kier alpha value is -2.14. The van der Waals surface area contributed by atoms with Crippen molar-refractivity contribution >= 4 is 12.6 Å². The van der Waals surface area contributed by atoms with Gasteiger partial charge in [0.25, 0.3) is 0 Å². The van der Waals surface area contributed by atoms with E-state index in [4.69, 9.17) is 4.74 Å². The molecule has 0 atom stereocenters. The average Bonchev–Trinajstić information content (AvgIpc) is 2.42. The molecule has 0 saturated heterocycles. The number of likely N-dealkylation sites (N-methyl/N-ethyl adjacent to an activating group) is 1. The maximum Gasteiger partial charge on any atom is 0.131 e. The summed E-state index contributed by atoms with van der Waals surface area (Å²) in [6, 6.07) is 0. The molecule has 0 fully saturated rings. The minimum absolute atomic E-state index is 0.615. The second-order valence-electron chi connectivity index (χ2n) is 4.16. The van der Waals surface area contributed by atoms with Crippen molar-refractivity contribution < 1.29 is 4.74 Å². The lowest BCUT2D eigenvalue weighted by Crippen LogP contribution is -2.33. The highest BCUT2D eigenvalue weighted by atomic mass is 16.5. The average molecular weight is 276 g/mol. The summed E-state index contributed by atoms with van der Waals surface area (Å²) in [5.41, 5.74) is 3.74. The third-order valence-electron chi connectivity index (χ3n) is 2.36. The van der Waals surface area contributed by atoms with Gasteiger partial charge in [0.15, 0.2) is 0 Å². The Labute approximate surface area is 121 Å². The number of hydrazone groups is 1. The molecule has 110 valence electrons. The van der Waals surface area contributed by atoms with Gasteiger partial charge < -0.3 is 4.74 Å². The van der Waals surface area contributed by atoms with Crippen molar-refractivity contribution in [3.8, 4) is 0 Å². The highest BCUT2D eigenvalue weighted by Gasteiger charge is 2.03. The number of aliphatic imine (C=N–C) groups is 1. The van der Waals surface area contributed by atoms with E-state index in [-0.39, 0.29) is 0 Å². The van der Waals surface area contributed by atoms with Crippen LogP contribution in [0.1, 0.15) is 0 Å². The van der Waals surface area contributed by atoms with Gasteiger partial charge in [0, 0.05) is 20.3 Å². The van der Waals surface area contributed by atoms with Crippen molar-refractivity contribution in [2.45, 2.75) is 0 Å². The second kappa shape index (κ2) is 10.8. The molecule has 0 heterocycles. The molecule has 0 aliphatic heterocycles. The predicted molar refractivity (Wildman–Crippen MR) is 87.1 cm³/mol. The number of amidine groups is 1. The quantitative estimate of drug-likeness (QED) is 0.230. The van der Waals surface area contributed by atoms with Crippen LogP contribution in [0.3, 0.4) is 0 Å². The number of allylic oxidation sites excluding steroid dienone is 3. The lowest BCUT2D eigenvalue weighted by Gasteiger charge is -2.17.